The van der Waals surface area contributed by atoms with Gasteiger partial charge in [0.15, 0.2) is 0 Å². The number of benzene rings is 2. The van der Waals surface area contributed by atoms with Gasteiger partial charge in [-0.2, -0.15) is 0 Å². The lowest BCUT2D eigenvalue weighted by molar-refractivity contribution is 0.631. The van der Waals surface area contributed by atoms with E-state index in [0.717, 1.165) is 17.7 Å². The molecule has 0 unspecified atom stereocenters. The molecule has 142 valence electrons. The van der Waals surface area contributed by atoms with Crippen molar-refractivity contribution in [2.24, 2.45) is 5.73 Å². The molecule has 1 aliphatic rings. The number of amidine groups is 1. The Morgan fingerprint density at radius 3 is 2.68 bits per heavy atom. The molecule has 5 nitrogen and oxygen atoms in total. The summed E-state index contributed by atoms with van der Waals surface area (Å²) in [7, 11) is 0. The second-order valence-corrected chi connectivity index (χ2v) is 7.61. The van der Waals surface area contributed by atoms with Gasteiger partial charge in [0.25, 0.3) is 0 Å². The average molecular weight is 393 g/mol. The van der Waals surface area contributed by atoms with E-state index in [4.69, 9.17) is 16.9 Å². The number of aryl methyl sites for hydroxylation is 2. The SMILES string of the molecule is N=C(N)c1nc(-c2ccc(NSc3ccc4c(c3)CCC4)cc2F)ccc1N. The van der Waals surface area contributed by atoms with Crippen molar-refractivity contribution in [2.45, 2.75) is 24.2 Å². The Bertz CT molecular complexity index is 1070. The molecule has 2 aromatic carbocycles. The highest BCUT2D eigenvalue weighted by atomic mass is 32.2. The second kappa shape index (κ2) is 7.52. The van der Waals surface area contributed by atoms with E-state index in [0.29, 0.717) is 22.6 Å². The zero-order valence-corrected chi connectivity index (χ0v) is 15.9. The number of nitrogen functional groups attached to an aromatic ring is 2. The molecule has 6 N–H and O–H groups in total. The third kappa shape index (κ3) is 3.66. The number of fused-ring (bicyclic) bond motifs is 1. The summed E-state index contributed by atoms with van der Waals surface area (Å²) in [4.78, 5) is 5.33. The first kappa shape index (κ1) is 18.3. The number of halogens is 1. The standard InChI is InChI=1S/C21H20FN5S/c22-17-11-14(27-28-15-6-4-12-2-1-3-13(12)10-15)5-7-16(17)19-9-8-18(23)20(26-19)21(24)25/h4-11,27H,1-3,23H2,(H3,24,25). The van der Waals surface area contributed by atoms with Crippen LogP contribution >= 0.6 is 11.9 Å². The molecule has 0 amide bonds. The Morgan fingerprint density at radius 1 is 1.07 bits per heavy atom. The van der Waals surface area contributed by atoms with Crippen LogP contribution in [-0.4, -0.2) is 10.8 Å². The number of nitrogens with two attached hydrogens (primary N) is 2. The number of aromatic nitrogens is 1. The summed E-state index contributed by atoms with van der Waals surface area (Å²) in [6.07, 6.45) is 3.50. The van der Waals surface area contributed by atoms with Gasteiger partial charge in [-0.15, -0.1) is 0 Å². The predicted molar refractivity (Wildman–Crippen MR) is 113 cm³/mol. The van der Waals surface area contributed by atoms with Gasteiger partial charge in [0, 0.05) is 16.1 Å². The van der Waals surface area contributed by atoms with Gasteiger partial charge < -0.3 is 16.2 Å². The minimum absolute atomic E-state index is 0.159. The third-order valence-electron chi connectivity index (χ3n) is 4.78. The molecule has 0 bridgehead atoms. The molecule has 0 saturated heterocycles. The summed E-state index contributed by atoms with van der Waals surface area (Å²) in [6.45, 7) is 0. The first-order valence-electron chi connectivity index (χ1n) is 8.97. The van der Waals surface area contributed by atoms with Crippen LogP contribution in [-0.2, 0) is 12.8 Å². The van der Waals surface area contributed by atoms with E-state index in [-0.39, 0.29) is 11.5 Å². The van der Waals surface area contributed by atoms with E-state index in [1.807, 2.05) is 0 Å². The smallest absolute Gasteiger partial charge is 0.143 e. The van der Waals surface area contributed by atoms with Gasteiger partial charge in [-0.25, -0.2) is 9.37 Å². The van der Waals surface area contributed by atoms with Crippen molar-refractivity contribution in [3.63, 3.8) is 0 Å². The van der Waals surface area contributed by atoms with Crippen molar-refractivity contribution in [2.75, 3.05) is 10.5 Å². The quantitative estimate of drug-likeness (QED) is 0.293. The number of nitrogens with one attached hydrogen (secondary N) is 2. The maximum absolute atomic E-state index is 14.7. The van der Waals surface area contributed by atoms with Crippen LogP contribution in [0.3, 0.4) is 0 Å². The van der Waals surface area contributed by atoms with Crippen LogP contribution in [0.1, 0.15) is 23.2 Å². The highest BCUT2D eigenvalue weighted by Gasteiger charge is 2.13. The highest BCUT2D eigenvalue weighted by Crippen LogP contribution is 2.30. The zero-order valence-electron chi connectivity index (χ0n) is 15.1. The summed E-state index contributed by atoms with van der Waals surface area (Å²) >= 11 is 1.46. The Labute approximate surface area is 167 Å². The molecule has 0 radical (unpaired) electrons. The van der Waals surface area contributed by atoms with Crippen LogP contribution in [0.25, 0.3) is 11.3 Å². The Balaban J connectivity index is 1.52. The van der Waals surface area contributed by atoms with Gasteiger partial charge in [-0.05, 0) is 84.8 Å². The number of hydrogen-bond donors (Lipinski definition) is 4. The fourth-order valence-corrected chi connectivity index (χ4v) is 4.05. The monoisotopic (exact) mass is 393 g/mol. The number of rotatable bonds is 5. The van der Waals surface area contributed by atoms with Crippen molar-refractivity contribution >= 4 is 29.2 Å². The number of hydrogen-bond acceptors (Lipinski definition) is 5. The number of pyridine rings is 1. The van der Waals surface area contributed by atoms with Gasteiger partial charge >= 0.3 is 0 Å². The first-order valence-corrected chi connectivity index (χ1v) is 9.78. The van der Waals surface area contributed by atoms with Crippen LogP contribution in [0, 0.1) is 11.2 Å². The molecular weight excluding hydrogens is 373 g/mol. The first-order chi connectivity index (χ1) is 13.5. The van der Waals surface area contributed by atoms with Crippen LogP contribution in [0.2, 0.25) is 0 Å². The number of anilines is 2. The maximum Gasteiger partial charge on any atom is 0.143 e. The summed E-state index contributed by atoms with van der Waals surface area (Å²) < 4.78 is 17.9. The second-order valence-electron chi connectivity index (χ2n) is 6.73. The van der Waals surface area contributed by atoms with Crippen molar-refractivity contribution < 1.29 is 4.39 Å². The molecule has 0 atom stereocenters. The van der Waals surface area contributed by atoms with Crippen molar-refractivity contribution in [3.05, 3.63) is 71.2 Å². The van der Waals surface area contributed by atoms with Crippen molar-refractivity contribution in [1.29, 1.82) is 5.41 Å². The lowest BCUT2D eigenvalue weighted by atomic mass is 10.1. The molecule has 28 heavy (non-hydrogen) atoms. The normalized spacial score (nSPS) is 12.6. The van der Waals surface area contributed by atoms with Crippen LogP contribution < -0.4 is 16.2 Å². The molecule has 1 heterocycles. The highest BCUT2D eigenvalue weighted by molar-refractivity contribution is 8.00. The summed E-state index contributed by atoms with van der Waals surface area (Å²) in [5.41, 5.74) is 15.9. The fourth-order valence-electron chi connectivity index (χ4n) is 3.35. The topological polar surface area (TPSA) is 101 Å². The summed E-state index contributed by atoms with van der Waals surface area (Å²) in [5.74, 6) is -0.657. The van der Waals surface area contributed by atoms with E-state index in [9.17, 15) is 4.39 Å². The van der Waals surface area contributed by atoms with E-state index in [2.05, 4.69) is 27.9 Å². The molecule has 4 rings (SSSR count). The van der Waals surface area contributed by atoms with E-state index < -0.39 is 5.82 Å². The third-order valence-corrected chi connectivity index (χ3v) is 5.61. The minimum atomic E-state index is -0.411. The molecule has 0 spiro atoms. The maximum atomic E-state index is 14.7. The molecule has 0 saturated carbocycles. The van der Waals surface area contributed by atoms with Crippen LogP contribution in [0.15, 0.2) is 53.4 Å². The molecule has 0 fully saturated rings. The summed E-state index contributed by atoms with van der Waals surface area (Å²) in [5, 5.41) is 7.53. The van der Waals surface area contributed by atoms with Crippen LogP contribution in [0.4, 0.5) is 15.8 Å². The average Bonchev–Trinajstić information content (AvgIpc) is 3.15. The molecule has 7 heteroatoms. The molecule has 3 aromatic rings. The van der Waals surface area contributed by atoms with Gasteiger partial charge in [0.2, 0.25) is 0 Å². The summed E-state index contributed by atoms with van der Waals surface area (Å²) in [6, 6.07) is 14.5. The lowest BCUT2D eigenvalue weighted by Crippen LogP contribution is -2.16. The lowest BCUT2D eigenvalue weighted by Gasteiger charge is -2.10. The van der Waals surface area contributed by atoms with Crippen LogP contribution in [0.5, 0.6) is 0 Å². The van der Waals surface area contributed by atoms with E-state index >= 15 is 0 Å². The van der Waals surface area contributed by atoms with Crippen molar-refractivity contribution in [1.82, 2.24) is 4.98 Å². The van der Waals surface area contributed by atoms with E-state index in [1.165, 1.54) is 35.6 Å². The predicted octanol–water partition coefficient (Wildman–Crippen LogP) is 4.36. The molecule has 1 aliphatic carbocycles. The zero-order chi connectivity index (χ0) is 19.7. The molecular formula is C21H20FN5S. The Kier molecular flexibility index (Phi) is 4.92. The number of nitrogens with zero attached hydrogens (tertiary/aromatic N) is 1. The van der Waals surface area contributed by atoms with E-state index in [1.54, 1.807) is 24.3 Å². The minimum Gasteiger partial charge on any atom is -0.397 e. The van der Waals surface area contributed by atoms with Gasteiger partial charge in [0.1, 0.15) is 17.3 Å². The Hall–Kier alpha value is -3.06. The molecule has 1 aromatic heterocycles. The van der Waals surface area contributed by atoms with Crippen molar-refractivity contribution in [3.8, 4) is 11.3 Å². The largest absolute Gasteiger partial charge is 0.397 e. The Morgan fingerprint density at radius 2 is 1.89 bits per heavy atom. The molecule has 0 aliphatic heterocycles. The fraction of sp³-hybridized carbons (Fsp3) is 0.143. The van der Waals surface area contributed by atoms with Gasteiger partial charge in [0.05, 0.1) is 11.4 Å². The van der Waals surface area contributed by atoms with Gasteiger partial charge in [-0.1, -0.05) is 6.07 Å². The van der Waals surface area contributed by atoms with Gasteiger partial charge in [-0.3, -0.25) is 5.41 Å².